The first-order chi connectivity index (χ1) is 7.95. The molecule has 0 amide bonds. The van der Waals surface area contributed by atoms with Crippen LogP contribution < -0.4 is 10.9 Å². The molecule has 0 spiro atoms. The normalized spacial score (nSPS) is 10.8. The van der Waals surface area contributed by atoms with Crippen molar-refractivity contribution in [3.05, 3.63) is 33.7 Å². The van der Waals surface area contributed by atoms with Crippen molar-refractivity contribution in [2.24, 2.45) is 0 Å². The Morgan fingerprint density at radius 2 is 2.18 bits per heavy atom. The minimum atomic E-state index is -4.48. The molecule has 17 heavy (non-hydrogen) atoms. The molecule has 0 atom stereocenters. The molecule has 0 saturated carbocycles. The Labute approximate surface area is 96.0 Å². The monoisotopic (exact) mass is 244 g/mol. The summed E-state index contributed by atoms with van der Waals surface area (Å²) < 4.78 is 37.1. The second-order valence-corrected chi connectivity index (χ2v) is 3.28. The maximum atomic E-state index is 12.4. The molecule has 1 heterocycles. The summed E-state index contributed by atoms with van der Waals surface area (Å²) >= 11 is 0. The van der Waals surface area contributed by atoms with E-state index in [-0.39, 0.29) is 5.56 Å². The van der Waals surface area contributed by atoms with Crippen LogP contribution in [-0.2, 0) is 6.18 Å². The molecular formula is C11H11F3N2O. The summed E-state index contributed by atoms with van der Waals surface area (Å²) in [6.45, 7) is 0.615. The van der Waals surface area contributed by atoms with Crippen LogP contribution in [0.3, 0.4) is 0 Å². The van der Waals surface area contributed by atoms with Gasteiger partial charge in [-0.05, 0) is 13.1 Å². The van der Waals surface area contributed by atoms with E-state index in [1.807, 2.05) is 4.98 Å². The Kier molecular flexibility index (Phi) is 4.35. The van der Waals surface area contributed by atoms with E-state index in [4.69, 9.17) is 0 Å². The van der Waals surface area contributed by atoms with Crippen LogP contribution in [0.25, 0.3) is 0 Å². The van der Waals surface area contributed by atoms with E-state index in [1.54, 1.807) is 7.05 Å². The molecule has 1 rings (SSSR count). The highest BCUT2D eigenvalue weighted by Gasteiger charge is 2.31. The molecule has 0 bridgehead atoms. The molecule has 0 aliphatic heterocycles. The van der Waals surface area contributed by atoms with Crippen molar-refractivity contribution in [2.45, 2.75) is 12.6 Å². The molecule has 0 radical (unpaired) electrons. The van der Waals surface area contributed by atoms with Gasteiger partial charge in [0.05, 0.1) is 11.1 Å². The largest absolute Gasteiger partial charge is 0.417 e. The fourth-order valence-electron chi connectivity index (χ4n) is 1.09. The van der Waals surface area contributed by atoms with Crippen LogP contribution in [0.4, 0.5) is 13.2 Å². The minimum Gasteiger partial charge on any atom is -0.327 e. The Hall–Kier alpha value is -1.74. The predicted molar refractivity (Wildman–Crippen MR) is 57.5 cm³/mol. The lowest BCUT2D eigenvalue weighted by Gasteiger charge is -2.05. The number of pyridine rings is 1. The van der Waals surface area contributed by atoms with E-state index in [9.17, 15) is 18.0 Å². The van der Waals surface area contributed by atoms with Crippen molar-refractivity contribution in [1.82, 2.24) is 10.3 Å². The first kappa shape index (κ1) is 13.3. The Balaban J connectivity index is 2.98. The number of halogens is 3. The van der Waals surface area contributed by atoms with E-state index >= 15 is 0 Å². The quantitative estimate of drug-likeness (QED) is 0.609. The summed E-state index contributed by atoms with van der Waals surface area (Å²) in [4.78, 5) is 13.2. The third-order valence-corrected chi connectivity index (χ3v) is 1.95. The standard InChI is InChI=1S/C11H11F3N2O/c1-15-5-3-2-4-8-6-9(11(12,13)14)7-16-10(8)17/h6-7,15H,3,5H2,1H3,(H,16,17). The zero-order chi connectivity index (χ0) is 12.9. The molecule has 1 aromatic heterocycles. The second kappa shape index (κ2) is 5.55. The van der Waals surface area contributed by atoms with Gasteiger partial charge in [0.25, 0.3) is 5.56 Å². The zero-order valence-electron chi connectivity index (χ0n) is 9.11. The van der Waals surface area contributed by atoms with E-state index in [1.165, 1.54) is 0 Å². The van der Waals surface area contributed by atoms with Gasteiger partial charge in [-0.25, -0.2) is 0 Å². The lowest BCUT2D eigenvalue weighted by atomic mass is 10.2. The highest BCUT2D eigenvalue weighted by molar-refractivity contribution is 5.35. The molecule has 2 N–H and O–H groups in total. The third-order valence-electron chi connectivity index (χ3n) is 1.95. The summed E-state index contributed by atoms with van der Waals surface area (Å²) in [5.74, 6) is 5.05. The number of rotatable bonds is 2. The lowest BCUT2D eigenvalue weighted by molar-refractivity contribution is -0.137. The fraction of sp³-hybridized carbons (Fsp3) is 0.364. The molecule has 1 aromatic rings. The van der Waals surface area contributed by atoms with Crippen LogP contribution >= 0.6 is 0 Å². The molecule has 0 aliphatic rings. The molecule has 0 fully saturated rings. The van der Waals surface area contributed by atoms with Gasteiger partial charge in [-0.15, -0.1) is 0 Å². The molecular weight excluding hydrogens is 233 g/mol. The van der Waals surface area contributed by atoms with Crippen LogP contribution in [0.5, 0.6) is 0 Å². The van der Waals surface area contributed by atoms with Gasteiger partial charge in [-0.1, -0.05) is 11.8 Å². The zero-order valence-corrected chi connectivity index (χ0v) is 9.11. The average Bonchev–Trinajstić information content (AvgIpc) is 2.25. The topological polar surface area (TPSA) is 44.9 Å². The SMILES string of the molecule is CNCCC#Cc1cc(C(F)(F)F)c[nH]c1=O. The number of alkyl halides is 3. The summed E-state index contributed by atoms with van der Waals surface area (Å²) in [5.41, 5.74) is -1.69. The van der Waals surface area contributed by atoms with Crippen molar-refractivity contribution < 1.29 is 13.2 Å². The van der Waals surface area contributed by atoms with Gasteiger partial charge in [0.1, 0.15) is 0 Å². The molecule has 6 heteroatoms. The van der Waals surface area contributed by atoms with Crippen molar-refractivity contribution in [2.75, 3.05) is 13.6 Å². The average molecular weight is 244 g/mol. The number of hydrogen-bond donors (Lipinski definition) is 2. The molecule has 3 nitrogen and oxygen atoms in total. The van der Waals surface area contributed by atoms with Crippen LogP contribution in [0.15, 0.2) is 17.1 Å². The van der Waals surface area contributed by atoms with Gasteiger partial charge in [-0.3, -0.25) is 4.79 Å². The third kappa shape index (κ3) is 3.96. The van der Waals surface area contributed by atoms with Crippen molar-refractivity contribution in [1.29, 1.82) is 0 Å². The van der Waals surface area contributed by atoms with Crippen LogP contribution in [0, 0.1) is 11.8 Å². The first-order valence-corrected chi connectivity index (χ1v) is 4.88. The van der Waals surface area contributed by atoms with Gasteiger partial charge in [-0.2, -0.15) is 13.2 Å². The lowest BCUT2D eigenvalue weighted by Crippen LogP contribution is -2.14. The molecule has 0 saturated heterocycles. The Morgan fingerprint density at radius 3 is 2.76 bits per heavy atom. The number of aromatic nitrogens is 1. The second-order valence-electron chi connectivity index (χ2n) is 3.28. The van der Waals surface area contributed by atoms with Gasteiger partial charge in [0.15, 0.2) is 0 Å². The van der Waals surface area contributed by atoms with E-state index in [2.05, 4.69) is 17.2 Å². The fourth-order valence-corrected chi connectivity index (χ4v) is 1.09. The van der Waals surface area contributed by atoms with Gasteiger partial charge >= 0.3 is 6.18 Å². The molecule has 0 aliphatic carbocycles. The van der Waals surface area contributed by atoms with Crippen molar-refractivity contribution in [3.8, 4) is 11.8 Å². The highest BCUT2D eigenvalue weighted by atomic mass is 19.4. The number of aromatic amines is 1. The molecule has 0 aromatic carbocycles. The minimum absolute atomic E-state index is 0.170. The predicted octanol–water partition coefficient (Wildman–Crippen LogP) is 1.35. The van der Waals surface area contributed by atoms with Crippen LogP contribution in [0.1, 0.15) is 17.5 Å². The van der Waals surface area contributed by atoms with E-state index in [0.29, 0.717) is 19.2 Å². The summed E-state index contributed by atoms with van der Waals surface area (Å²) in [5, 5.41) is 2.84. The smallest absolute Gasteiger partial charge is 0.327 e. The maximum Gasteiger partial charge on any atom is 0.417 e. The molecule has 0 unspecified atom stereocenters. The van der Waals surface area contributed by atoms with E-state index in [0.717, 1.165) is 6.07 Å². The number of H-pyrrole nitrogens is 1. The van der Waals surface area contributed by atoms with E-state index < -0.39 is 17.3 Å². The Morgan fingerprint density at radius 1 is 1.47 bits per heavy atom. The van der Waals surface area contributed by atoms with Gasteiger partial charge < -0.3 is 10.3 Å². The van der Waals surface area contributed by atoms with Gasteiger partial charge in [0, 0.05) is 19.2 Å². The highest BCUT2D eigenvalue weighted by Crippen LogP contribution is 2.28. The maximum absolute atomic E-state index is 12.4. The molecule has 92 valence electrons. The summed E-state index contributed by atoms with van der Waals surface area (Å²) in [6.07, 6.45) is -3.38. The number of hydrogen-bond acceptors (Lipinski definition) is 2. The van der Waals surface area contributed by atoms with Crippen LogP contribution in [-0.4, -0.2) is 18.6 Å². The summed E-state index contributed by atoms with van der Waals surface area (Å²) in [7, 11) is 1.73. The summed E-state index contributed by atoms with van der Waals surface area (Å²) in [6, 6.07) is 0.755. The Bertz CT molecular complexity index is 494. The first-order valence-electron chi connectivity index (χ1n) is 4.88. The van der Waals surface area contributed by atoms with Crippen molar-refractivity contribution in [3.63, 3.8) is 0 Å². The van der Waals surface area contributed by atoms with Gasteiger partial charge in [0.2, 0.25) is 0 Å². The van der Waals surface area contributed by atoms with Crippen LogP contribution in [0.2, 0.25) is 0 Å². The number of nitrogens with one attached hydrogen (secondary N) is 2. The van der Waals surface area contributed by atoms with Crippen molar-refractivity contribution >= 4 is 0 Å².